The van der Waals surface area contributed by atoms with E-state index in [4.69, 9.17) is 9.47 Å². The molecule has 1 N–H and O–H groups in total. The van der Waals surface area contributed by atoms with Crippen LogP contribution in [0.1, 0.15) is 200 Å². The lowest BCUT2D eigenvalue weighted by Crippen LogP contribution is -2.27. The number of carbonyl (C=O) groups is 1. The molecule has 0 aliphatic rings. The fourth-order valence-electron chi connectivity index (χ4n) is 5.85. The Morgan fingerprint density at radius 2 is 0.938 bits per heavy atom. The van der Waals surface area contributed by atoms with Crippen molar-refractivity contribution in [1.82, 2.24) is 0 Å². The molecule has 0 radical (unpaired) electrons. The lowest BCUT2D eigenvalue weighted by atomic mass is 10.0. The van der Waals surface area contributed by atoms with E-state index in [1.54, 1.807) is 0 Å². The molecule has 0 aliphatic carbocycles. The summed E-state index contributed by atoms with van der Waals surface area (Å²) in [4.78, 5) is 12.2. The summed E-state index contributed by atoms with van der Waals surface area (Å²) in [5.41, 5.74) is 0. The van der Waals surface area contributed by atoms with Gasteiger partial charge in [-0.15, -0.1) is 0 Å². The second kappa shape index (κ2) is 41.5. The lowest BCUT2D eigenvalue weighted by molar-refractivity contribution is -0.154. The van der Waals surface area contributed by atoms with E-state index >= 15 is 0 Å². The number of carbonyl (C=O) groups excluding carboxylic acids is 1. The van der Waals surface area contributed by atoms with Crippen molar-refractivity contribution in [2.45, 2.75) is 206 Å². The summed E-state index contributed by atoms with van der Waals surface area (Å²) in [5, 5.41) is 9.58. The summed E-state index contributed by atoms with van der Waals surface area (Å²) in [6, 6.07) is 0. The first-order valence-corrected chi connectivity index (χ1v) is 20.7. The predicted octanol–water partition coefficient (Wildman–Crippen LogP) is 13.5. The Labute approximate surface area is 299 Å². The highest BCUT2D eigenvalue weighted by atomic mass is 16.6. The van der Waals surface area contributed by atoms with Crippen molar-refractivity contribution in [2.24, 2.45) is 0 Å². The minimum Gasteiger partial charge on any atom is -0.457 e. The molecule has 4 nitrogen and oxygen atoms in total. The predicted molar refractivity (Wildman–Crippen MR) is 210 cm³/mol. The van der Waals surface area contributed by atoms with Gasteiger partial charge in [0.1, 0.15) is 6.10 Å². The summed E-state index contributed by atoms with van der Waals surface area (Å²) < 4.78 is 11.1. The second-order valence-corrected chi connectivity index (χ2v) is 13.7. The fraction of sp³-hybridized carbons (Fsp3) is 0.795. The molecule has 1 unspecified atom stereocenters. The molecule has 0 fully saturated rings. The van der Waals surface area contributed by atoms with Crippen LogP contribution in [0.5, 0.6) is 0 Å². The Morgan fingerprint density at radius 1 is 0.521 bits per heavy atom. The van der Waals surface area contributed by atoms with Crippen LogP contribution >= 0.6 is 0 Å². The molecule has 1 atom stereocenters. The van der Waals surface area contributed by atoms with E-state index in [2.05, 4.69) is 62.5 Å². The molecule has 0 aromatic carbocycles. The number of rotatable bonds is 38. The topological polar surface area (TPSA) is 55.8 Å². The van der Waals surface area contributed by atoms with Crippen LogP contribution in [0.15, 0.2) is 48.6 Å². The monoisotopic (exact) mass is 673 g/mol. The summed E-state index contributed by atoms with van der Waals surface area (Å²) in [5.74, 6) is -0.210. The van der Waals surface area contributed by atoms with Crippen molar-refractivity contribution in [3.63, 3.8) is 0 Å². The molecule has 0 aromatic rings. The molecule has 0 amide bonds. The molecule has 0 rings (SSSR count). The maximum absolute atomic E-state index is 12.2. The maximum Gasteiger partial charge on any atom is 0.306 e. The van der Waals surface area contributed by atoms with Gasteiger partial charge >= 0.3 is 5.97 Å². The Balaban J connectivity index is 3.45. The van der Waals surface area contributed by atoms with Crippen molar-refractivity contribution in [1.29, 1.82) is 0 Å². The molecule has 280 valence electrons. The van der Waals surface area contributed by atoms with E-state index in [0.717, 1.165) is 64.2 Å². The van der Waals surface area contributed by atoms with Gasteiger partial charge in [0.25, 0.3) is 0 Å². The number of unbranched alkanes of at least 4 members (excludes halogenated alkanes) is 22. The lowest BCUT2D eigenvalue weighted by Gasteiger charge is -2.15. The highest BCUT2D eigenvalue weighted by molar-refractivity contribution is 5.69. The summed E-state index contributed by atoms with van der Waals surface area (Å²) in [6.07, 6.45) is 53.1. The van der Waals surface area contributed by atoms with Crippen LogP contribution in [0.4, 0.5) is 0 Å². The van der Waals surface area contributed by atoms with Crippen LogP contribution in [0.3, 0.4) is 0 Å². The van der Waals surface area contributed by atoms with Gasteiger partial charge in [-0.2, -0.15) is 0 Å². The molecule has 4 heteroatoms. The van der Waals surface area contributed by atoms with Gasteiger partial charge in [-0.1, -0.05) is 191 Å². The van der Waals surface area contributed by atoms with Gasteiger partial charge in [0.2, 0.25) is 0 Å². The average molecular weight is 673 g/mol. The van der Waals surface area contributed by atoms with Gasteiger partial charge in [-0.05, 0) is 51.4 Å². The zero-order chi connectivity index (χ0) is 34.9. The van der Waals surface area contributed by atoms with Crippen molar-refractivity contribution in [3.05, 3.63) is 48.6 Å². The molecule has 0 bridgehead atoms. The van der Waals surface area contributed by atoms with E-state index in [1.165, 1.54) is 116 Å². The molecule has 0 aromatic heterocycles. The minimum atomic E-state index is -0.549. The van der Waals surface area contributed by atoms with Crippen molar-refractivity contribution in [2.75, 3.05) is 19.8 Å². The molecular formula is C44H80O4. The number of aliphatic hydroxyl groups excluding tert-OH is 1. The number of hydrogen-bond donors (Lipinski definition) is 1. The number of aliphatic hydroxyl groups is 1. The van der Waals surface area contributed by atoms with Crippen LogP contribution in [0.25, 0.3) is 0 Å². The first-order chi connectivity index (χ1) is 23.7. The summed E-state index contributed by atoms with van der Waals surface area (Å²) in [7, 11) is 0. The SMILES string of the molecule is CC/C=C\C/C=C\C/C=C\C/C=C\CCCCCOCC(CO)OC(=O)CCCCCCCCCCCCCCCCCCCCCC. The zero-order valence-electron chi connectivity index (χ0n) is 32.0. The molecule has 0 saturated carbocycles. The van der Waals surface area contributed by atoms with Gasteiger partial charge in [0.05, 0.1) is 13.2 Å². The second-order valence-electron chi connectivity index (χ2n) is 13.7. The largest absolute Gasteiger partial charge is 0.457 e. The van der Waals surface area contributed by atoms with Gasteiger partial charge in [-0.3, -0.25) is 4.79 Å². The highest BCUT2D eigenvalue weighted by Gasteiger charge is 2.13. The molecule has 0 aliphatic heterocycles. The van der Waals surface area contributed by atoms with Crippen LogP contribution in [0, 0.1) is 0 Å². The Morgan fingerprint density at radius 3 is 1.40 bits per heavy atom. The number of esters is 1. The van der Waals surface area contributed by atoms with Crippen LogP contribution in [-0.2, 0) is 14.3 Å². The number of ether oxygens (including phenoxy) is 2. The molecule has 0 spiro atoms. The molecule has 48 heavy (non-hydrogen) atoms. The molecule has 0 heterocycles. The van der Waals surface area contributed by atoms with E-state index in [1.807, 2.05) is 0 Å². The van der Waals surface area contributed by atoms with Crippen molar-refractivity contribution >= 4 is 5.97 Å². The van der Waals surface area contributed by atoms with Gasteiger partial charge in [-0.25, -0.2) is 0 Å². The van der Waals surface area contributed by atoms with Crippen molar-refractivity contribution in [3.8, 4) is 0 Å². The van der Waals surface area contributed by atoms with E-state index in [-0.39, 0.29) is 19.2 Å². The zero-order valence-corrected chi connectivity index (χ0v) is 32.0. The van der Waals surface area contributed by atoms with E-state index < -0.39 is 6.10 Å². The smallest absolute Gasteiger partial charge is 0.306 e. The Hall–Kier alpha value is -1.65. The fourth-order valence-corrected chi connectivity index (χ4v) is 5.85. The van der Waals surface area contributed by atoms with Crippen LogP contribution in [0.2, 0.25) is 0 Å². The Kier molecular flexibility index (Phi) is 40.1. The van der Waals surface area contributed by atoms with Gasteiger partial charge in [0.15, 0.2) is 0 Å². The van der Waals surface area contributed by atoms with Gasteiger partial charge < -0.3 is 14.6 Å². The summed E-state index contributed by atoms with van der Waals surface area (Å²) in [6.45, 7) is 5.18. The standard InChI is InChI=1S/C44H80O4/c1-3-5-7-9-11-13-15-17-19-21-22-23-24-25-27-29-31-33-35-37-39-44(46)48-43(41-45)42-47-40-38-36-34-32-30-28-26-20-18-16-14-12-10-8-6-4-2/h6,8,12,14,18,20,28,30,43,45H,3-5,7,9-11,13,15-17,19,21-27,29,31-42H2,1-2H3/b8-6-,14-12-,20-18-,30-28-. The first kappa shape index (κ1) is 46.4. The normalized spacial score (nSPS) is 12.8. The molecule has 0 saturated heterocycles. The van der Waals surface area contributed by atoms with Crippen LogP contribution < -0.4 is 0 Å². The average Bonchev–Trinajstić information content (AvgIpc) is 3.09. The van der Waals surface area contributed by atoms with E-state index in [0.29, 0.717) is 13.0 Å². The quantitative estimate of drug-likeness (QED) is 0.0403. The Bertz CT molecular complexity index is 753. The number of allylic oxidation sites excluding steroid dienone is 8. The van der Waals surface area contributed by atoms with E-state index in [9.17, 15) is 9.90 Å². The third-order valence-electron chi connectivity index (χ3n) is 8.92. The first-order valence-electron chi connectivity index (χ1n) is 20.7. The van der Waals surface area contributed by atoms with Crippen LogP contribution in [-0.4, -0.2) is 37.0 Å². The number of hydrogen-bond acceptors (Lipinski definition) is 4. The third-order valence-corrected chi connectivity index (χ3v) is 8.92. The highest BCUT2D eigenvalue weighted by Crippen LogP contribution is 2.15. The minimum absolute atomic E-state index is 0.184. The maximum atomic E-state index is 12.2. The third kappa shape index (κ3) is 38.8. The molecular weight excluding hydrogens is 592 g/mol. The summed E-state index contributed by atoms with van der Waals surface area (Å²) >= 11 is 0. The van der Waals surface area contributed by atoms with Crippen molar-refractivity contribution < 1.29 is 19.4 Å². The van der Waals surface area contributed by atoms with Gasteiger partial charge in [0, 0.05) is 13.0 Å².